The fourth-order valence-corrected chi connectivity index (χ4v) is 4.50. The summed E-state index contributed by atoms with van der Waals surface area (Å²) in [6.07, 6.45) is 0. The molecule has 0 N–H and O–H groups in total. The van der Waals surface area contributed by atoms with Crippen molar-refractivity contribution in [1.29, 1.82) is 0 Å². The van der Waals surface area contributed by atoms with E-state index in [1.165, 1.54) is 4.90 Å². The van der Waals surface area contributed by atoms with Crippen LogP contribution in [0.4, 0.5) is 11.4 Å². The van der Waals surface area contributed by atoms with Crippen LogP contribution in [0.25, 0.3) is 5.57 Å². The molecule has 0 radical (unpaired) electrons. The summed E-state index contributed by atoms with van der Waals surface area (Å²) in [6, 6.07) is 14.3. The van der Waals surface area contributed by atoms with Crippen LogP contribution < -0.4 is 9.80 Å². The average molecular weight is 387 g/mol. The predicted octanol–water partition coefficient (Wildman–Crippen LogP) is 4.09. The molecule has 2 aromatic rings. The summed E-state index contributed by atoms with van der Waals surface area (Å²) in [5.74, 6) is -0.501. The second-order valence-electron chi connectivity index (χ2n) is 5.57. The maximum atomic E-state index is 13.0. The molecule has 0 atom stereocenters. The molecular weight excluding hydrogens is 376 g/mol. The first kappa shape index (κ1) is 16.3. The molecule has 0 saturated carbocycles. The van der Waals surface area contributed by atoms with E-state index >= 15 is 0 Å². The van der Waals surface area contributed by atoms with Crippen LogP contribution in [0.2, 0.25) is 5.02 Å². The fourth-order valence-electron chi connectivity index (χ4n) is 2.95. The lowest BCUT2D eigenvalue weighted by atomic mass is 10.1. The van der Waals surface area contributed by atoms with Crippen LogP contribution in [-0.2, 0) is 9.59 Å². The number of anilines is 2. The lowest BCUT2D eigenvalue weighted by molar-refractivity contribution is -0.115. The third-order valence-electron chi connectivity index (χ3n) is 4.12. The number of hydrogen-bond acceptors (Lipinski definition) is 4. The van der Waals surface area contributed by atoms with Gasteiger partial charge in [0.05, 0.1) is 21.9 Å². The van der Waals surface area contributed by atoms with Crippen LogP contribution in [0, 0.1) is 0 Å². The summed E-state index contributed by atoms with van der Waals surface area (Å²) >= 11 is 12.6. The maximum Gasteiger partial charge on any atom is 0.271 e. The molecule has 2 aromatic carbocycles. The molecule has 0 aliphatic carbocycles. The number of thiocarbonyl (C=S) groups is 1. The van der Waals surface area contributed by atoms with Crippen LogP contribution in [0.15, 0.2) is 53.4 Å². The molecule has 0 aromatic heterocycles. The molecular formula is C18H11ClN2O2S2. The molecule has 0 spiro atoms. The van der Waals surface area contributed by atoms with E-state index < -0.39 is 0 Å². The third-order valence-corrected chi connectivity index (χ3v) is 5.72. The van der Waals surface area contributed by atoms with E-state index in [4.69, 9.17) is 23.8 Å². The molecule has 2 amide bonds. The first-order chi connectivity index (χ1) is 12.0. The highest BCUT2D eigenvalue weighted by atomic mass is 35.5. The molecule has 1 saturated heterocycles. The van der Waals surface area contributed by atoms with Crippen molar-refractivity contribution in [2.75, 3.05) is 16.8 Å². The highest BCUT2D eigenvalue weighted by Crippen LogP contribution is 2.45. The normalized spacial score (nSPS) is 19.8. The van der Waals surface area contributed by atoms with Crippen molar-refractivity contribution < 1.29 is 9.59 Å². The number of rotatable bonds is 1. The first-order valence-electron chi connectivity index (χ1n) is 7.42. The lowest BCUT2D eigenvalue weighted by Crippen LogP contribution is -2.28. The quantitative estimate of drug-likeness (QED) is 0.546. The van der Waals surface area contributed by atoms with Crippen LogP contribution in [0.5, 0.6) is 0 Å². The van der Waals surface area contributed by atoms with Gasteiger partial charge in [-0.25, -0.2) is 0 Å². The summed E-state index contributed by atoms with van der Waals surface area (Å²) in [4.78, 5) is 29.1. The van der Waals surface area contributed by atoms with Crippen molar-refractivity contribution >= 4 is 68.7 Å². The molecule has 0 unspecified atom stereocenters. The number of benzene rings is 2. The van der Waals surface area contributed by atoms with Crippen LogP contribution in [0.3, 0.4) is 0 Å². The Morgan fingerprint density at radius 1 is 1.04 bits per heavy atom. The van der Waals surface area contributed by atoms with Gasteiger partial charge in [0.25, 0.3) is 11.8 Å². The summed E-state index contributed by atoms with van der Waals surface area (Å²) in [5, 5.41) is 0.515. The van der Waals surface area contributed by atoms with Crippen molar-refractivity contribution in [3.05, 3.63) is 64.0 Å². The minimum atomic E-state index is -0.300. The van der Waals surface area contributed by atoms with Crippen molar-refractivity contribution in [3.8, 4) is 0 Å². The molecule has 2 aliphatic rings. The molecule has 4 nitrogen and oxygen atoms in total. The van der Waals surface area contributed by atoms with Gasteiger partial charge >= 0.3 is 0 Å². The number of thioether (sulfide) groups is 1. The Labute approximate surface area is 159 Å². The minimum Gasteiger partial charge on any atom is -0.311 e. The Kier molecular flexibility index (Phi) is 3.91. The van der Waals surface area contributed by atoms with Gasteiger partial charge in [-0.05, 0) is 24.3 Å². The number of carbonyl (C=O) groups excluding carboxylic acids is 2. The van der Waals surface area contributed by atoms with Gasteiger partial charge < -0.3 is 4.90 Å². The van der Waals surface area contributed by atoms with Gasteiger partial charge in [-0.1, -0.05) is 59.8 Å². The second-order valence-corrected chi connectivity index (χ2v) is 7.65. The smallest absolute Gasteiger partial charge is 0.271 e. The van der Waals surface area contributed by atoms with E-state index in [-0.39, 0.29) is 11.8 Å². The highest BCUT2D eigenvalue weighted by Gasteiger charge is 2.41. The van der Waals surface area contributed by atoms with Crippen molar-refractivity contribution in [2.45, 2.75) is 0 Å². The Balaban J connectivity index is 1.85. The van der Waals surface area contributed by atoms with Gasteiger partial charge in [0.1, 0.15) is 0 Å². The second kappa shape index (κ2) is 5.98. The number of hydrogen-bond donors (Lipinski definition) is 0. The molecule has 4 rings (SSSR count). The number of amides is 2. The third kappa shape index (κ3) is 2.49. The number of halogens is 1. The largest absolute Gasteiger partial charge is 0.311 e. The Morgan fingerprint density at radius 2 is 1.80 bits per heavy atom. The van der Waals surface area contributed by atoms with Gasteiger partial charge in [0.2, 0.25) is 0 Å². The fraction of sp³-hybridized carbons (Fsp3) is 0.0556. The van der Waals surface area contributed by atoms with Crippen molar-refractivity contribution in [3.63, 3.8) is 0 Å². The molecule has 124 valence electrons. The zero-order chi connectivity index (χ0) is 17.7. The summed E-state index contributed by atoms with van der Waals surface area (Å²) < 4.78 is 0.384. The van der Waals surface area contributed by atoms with E-state index in [0.29, 0.717) is 25.5 Å². The number of para-hydroxylation sites is 1. The van der Waals surface area contributed by atoms with Gasteiger partial charge in [0.15, 0.2) is 4.32 Å². The van der Waals surface area contributed by atoms with Crippen molar-refractivity contribution in [1.82, 2.24) is 0 Å². The summed E-state index contributed by atoms with van der Waals surface area (Å²) in [6.45, 7) is 0. The molecule has 2 heterocycles. The van der Waals surface area contributed by atoms with Gasteiger partial charge in [0, 0.05) is 17.6 Å². The standard InChI is InChI=1S/C18H11ClN2O2S2/c1-20-13-8-3-2-7-12(13)14(16(20)22)15-17(23)21(18(24)25-15)11-6-4-5-10(19)9-11/h2-9H,1H3/b15-14+. The van der Waals surface area contributed by atoms with E-state index in [1.807, 2.05) is 24.3 Å². The predicted molar refractivity (Wildman–Crippen MR) is 106 cm³/mol. The zero-order valence-corrected chi connectivity index (χ0v) is 15.4. The molecule has 2 aliphatic heterocycles. The van der Waals surface area contributed by atoms with Crippen LogP contribution in [-0.4, -0.2) is 23.2 Å². The van der Waals surface area contributed by atoms with Gasteiger partial charge in [-0.15, -0.1) is 0 Å². The molecule has 25 heavy (non-hydrogen) atoms. The first-order valence-corrected chi connectivity index (χ1v) is 9.03. The Hall–Kier alpha value is -2.15. The summed E-state index contributed by atoms with van der Waals surface area (Å²) in [7, 11) is 1.70. The molecule has 0 bridgehead atoms. The monoisotopic (exact) mass is 386 g/mol. The zero-order valence-electron chi connectivity index (χ0n) is 13.0. The Bertz CT molecular complexity index is 987. The topological polar surface area (TPSA) is 40.6 Å². The number of nitrogens with zero attached hydrogens (tertiary/aromatic N) is 2. The Morgan fingerprint density at radius 3 is 2.56 bits per heavy atom. The number of fused-ring (bicyclic) bond motifs is 1. The maximum absolute atomic E-state index is 13.0. The van der Waals surface area contributed by atoms with Gasteiger partial charge in [-0.2, -0.15) is 0 Å². The van der Waals surface area contributed by atoms with Crippen molar-refractivity contribution in [2.24, 2.45) is 0 Å². The summed E-state index contributed by atoms with van der Waals surface area (Å²) in [5.41, 5.74) is 2.54. The highest BCUT2D eigenvalue weighted by molar-refractivity contribution is 8.27. The molecule has 1 fully saturated rings. The van der Waals surface area contributed by atoms with Crippen LogP contribution >= 0.6 is 35.6 Å². The molecule has 7 heteroatoms. The van der Waals surface area contributed by atoms with Crippen LogP contribution in [0.1, 0.15) is 5.56 Å². The van der Waals surface area contributed by atoms with E-state index in [0.717, 1.165) is 23.0 Å². The van der Waals surface area contributed by atoms with E-state index in [1.54, 1.807) is 36.2 Å². The minimum absolute atomic E-state index is 0.201. The number of likely N-dealkylation sites (N-methyl/N-ethyl adjacent to an activating group) is 1. The van der Waals surface area contributed by atoms with E-state index in [2.05, 4.69) is 0 Å². The van der Waals surface area contributed by atoms with Gasteiger partial charge in [-0.3, -0.25) is 14.5 Å². The lowest BCUT2D eigenvalue weighted by Gasteiger charge is -2.14. The van der Waals surface area contributed by atoms with E-state index in [9.17, 15) is 9.59 Å². The number of carbonyl (C=O) groups is 2. The average Bonchev–Trinajstić information content (AvgIpc) is 3.02. The SMILES string of the molecule is CN1C(=O)/C(=C2/SC(=S)N(c3cccc(Cl)c3)C2=O)c2ccccc21.